The summed E-state index contributed by atoms with van der Waals surface area (Å²) >= 11 is 0. The Hall–Kier alpha value is -2.18. The molecule has 4 aliphatic carbocycles. The van der Waals surface area contributed by atoms with Crippen molar-refractivity contribution >= 4 is 5.97 Å². The van der Waals surface area contributed by atoms with Gasteiger partial charge in [-0.2, -0.15) is 39.5 Å². The smallest absolute Gasteiger partial charge is 0.460 e. The molecule has 0 aromatic heterocycles. The van der Waals surface area contributed by atoms with Gasteiger partial charge in [-0.05, 0) is 122 Å². The molecule has 4 nitrogen and oxygen atoms in total. The predicted molar refractivity (Wildman–Crippen MR) is 176 cm³/mol. The number of rotatable bonds is 17. The van der Waals surface area contributed by atoms with Crippen LogP contribution in [0.25, 0.3) is 0 Å². The van der Waals surface area contributed by atoms with E-state index in [1.807, 2.05) is 6.07 Å². The maximum atomic E-state index is 13.9. The van der Waals surface area contributed by atoms with Crippen molar-refractivity contribution in [1.29, 1.82) is 0 Å². The molecule has 4 aliphatic rings. The van der Waals surface area contributed by atoms with Crippen molar-refractivity contribution in [3.63, 3.8) is 0 Å². The summed E-state index contributed by atoms with van der Waals surface area (Å²) in [5.74, 6) is -19.3. The highest BCUT2D eigenvalue weighted by molar-refractivity contribution is 5.72. The Morgan fingerprint density at radius 2 is 1.44 bits per heavy atom. The molecular weight excluding hydrogens is 703 g/mol. The van der Waals surface area contributed by atoms with E-state index in [0.717, 1.165) is 57.6 Å². The lowest BCUT2D eigenvalue weighted by molar-refractivity contribution is -0.396. The van der Waals surface area contributed by atoms with Crippen LogP contribution in [0.1, 0.15) is 146 Å². The summed E-state index contributed by atoms with van der Waals surface area (Å²) in [6.45, 7) is 2.50. The van der Waals surface area contributed by atoms with Crippen LogP contribution in [0.4, 0.5) is 39.5 Å². The molecule has 13 heteroatoms. The number of aliphatic hydroxyl groups excluding tert-OH is 1. The molecule has 7 atom stereocenters. The zero-order valence-electron chi connectivity index (χ0n) is 30.0. The first-order valence-electron chi connectivity index (χ1n) is 19.0. The summed E-state index contributed by atoms with van der Waals surface area (Å²) in [4.78, 5) is 12.2. The van der Waals surface area contributed by atoms with Gasteiger partial charge in [0.25, 0.3) is 0 Å². The van der Waals surface area contributed by atoms with Crippen LogP contribution in [-0.2, 0) is 9.53 Å². The summed E-state index contributed by atoms with van der Waals surface area (Å²) in [5, 5.41) is 22.0. The maximum absolute atomic E-state index is 13.9. The maximum Gasteiger partial charge on any atom is 0.460 e. The highest BCUT2D eigenvalue weighted by Crippen LogP contribution is 2.77. The van der Waals surface area contributed by atoms with Crippen LogP contribution in [0.5, 0.6) is 5.75 Å². The van der Waals surface area contributed by atoms with E-state index in [1.54, 1.807) is 12.1 Å². The van der Waals surface area contributed by atoms with Gasteiger partial charge >= 0.3 is 29.9 Å². The molecule has 1 aromatic carbocycles. The minimum absolute atomic E-state index is 0.125. The van der Waals surface area contributed by atoms with Gasteiger partial charge in [0, 0.05) is 6.42 Å². The molecule has 0 aliphatic heterocycles. The van der Waals surface area contributed by atoms with Crippen LogP contribution in [0.3, 0.4) is 0 Å². The fourth-order valence-electron chi connectivity index (χ4n) is 10.6. The monoisotopic (exact) mass is 756 g/mol. The number of benzene rings is 1. The van der Waals surface area contributed by atoms with Gasteiger partial charge in [0.1, 0.15) is 5.75 Å². The first kappa shape index (κ1) is 41.0. The number of halogens is 9. The van der Waals surface area contributed by atoms with Gasteiger partial charge in [-0.3, -0.25) is 4.79 Å². The van der Waals surface area contributed by atoms with E-state index >= 15 is 0 Å². The number of ether oxygens (including phenoxy) is 1. The van der Waals surface area contributed by atoms with Crippen molar-refractivity contribution in [3.8, 4) is 5.75 Å². The van der Waals surface area contributed by atoms with E-state index in [1.165, 1.54) is 37.7 Å². The Balaban J connectivity index is 1.06. The Morgan fingerprint density at radius 3 is 2.06 bits per heavy atom. The van der Waals surface area contributed by atoms with Crippen molar-refractivity contribution in [2.75, 3.05) is 7.11 Å². The fourth-order valence-corrected chi connectivity index (χ4v) is 10.6. The lowest BCUT2D eigenvalue weighted by Gasteiger charge is -2.55. The number of methoxy groups -OCH3 is 1. The minimum Gasteiger partial charge on any atom is -0.508 e. The number of esters is 1. The minimum atomic E-state index is -6.92. The second-order valence-corrected chi connectivity index (χ2v) is 16.5. The molecule has 0 bridgehead atoms. The predicted octanol–water partition coefficient (Wildman–Crippen LogP) is 11.7. The Bertz CT molecular complexity index is 1390. The zero-order valence-corrected chi connectivity index (χ0v) is 30.0. The Morgan fingerprint density at radius 1 is 0.827 bits per heavy atom. The lowest BCUT2D eigenvalue weighted by Crippen LogP contribution is -2.60. The van der Waals surface area contributed by atoms with E-state index in [2.05, 4.69) is 11.7 Å². The number of carbonyl (C=O) groups is 1. The number of hydrogen-bond donors (Lipinski definition) is 2. The van der Waals surface area contributed by atoms with Crippen LogP contribution in [0.15, 0.2) is 18.2 Å². The topological polar surface area (TPSA) is 66.8 Å². The molecule has 0 amide bonds. The van der Waals surface area contributed by atoms with E-state index in [9.17, 15) is 54.5 Å². The number of phenols is 1. The molecule has 1 aromatic rings. The van der Waals surface area contributed by atoms with E-state index < -0.39 is 61.2 Å². The molecule has 52 heavy (non-hydrogen) atoms. The molecule has 0 radical (unpaired) electrons. The third-order valence-corrected chi connectivity index (χ3v) is 13.8. The summed E-state index contributed by atoms with van der Waals surface area (Å²) in [5.41, 5.74) is 2.87. The van der Waals surface area contributed by atoms with Gasteiger partial charge in [-0.1, -0.05) is 57.9 Å². The quantitative estimate of drug-likeness (QED) is 0.0944. The average molecular weight is 757 g/mol. The number of fused-ring (bicyclic) bond motifs is 6. The molecule has 1 spiro atoms. The van der Waals surface area contributed by atoms with Gasteiger partial charge < -0.3 is 14.9 Å². The first-order chi connectivity index (χ1) is 24.2. The summed E-state index contributed by atoms with van der Waals surface area (Å²) in [6, 6.07) is 5.50. The third kappa shape index (κ3) is 7.42. The molecule has 296 valence electrons. The largest absolute Gasteiger partial charge is 0.508 e. The van der Waals surface area contributed by atoms with Gasteiger partial charge in [-0.25, -0.2) is 0 Å². The second kappa shape index (κ2) is 15.2. The molecule has 3 saturated carbocycles. The molecular formula is C39H53F9O4. The third-order valence-electron chi connectivity index (χ3n) is 13.8. The number of unbranched alkanes of at least 4 members (excludes halogenated alkanes) is 6. The molecule has 0 heterocycles. The van der Waals surface area contributed by atoms with Crippen LogP contribution in [0, 0.1) is 34.5 Å². The van der Waals surface area contributed by atoms with Crippen LogP contribution >= 0.6 is 0 Å². The van der Waals surface area contributed by atoms with Gasteiger partial charge in [0.05, 0.1) is 19.1 Å². The average Bonchev–Trinajstić information content (AvgIpc) is 3.82. The number of alkyl halides is 9. The lowest BCUT2D eigenvalue weighted by atomic mass is 9.50. The number of aliphatic hydroxyl groups is 1. The number of carbonyl (C=O) groups excluding carboxylic acids is 1. The number of phenolic OH excluding ortho intramolecular Hbond substituents is 1. The van der Waals surface area contributed by atoms with E-state index in [0.29, 0.717) is 41.4 Å². The normalized spacial score (nSPS) is 29.0. The van der Waals surface area contributed by atoms with Gasteiger partial charge in [0.2, 0.25) is 0 Å². The number of hydrogen-bond acceptors (Lipinski definition) is 4. The summed E-state index contributed by atoms with van der Waals surface area (Å²) in [7, 11) is 1.06. The van der Waals surface area contributed by atoms with Crippen molar-refractivity contribution < 1.29 is 59.3 Å². The van der Waals surface area contributed by atoms with Crippen molar-refractivity contribution in [1.82, 2.24) is 0 Å². The summed E-state index contributed by atoms with van der Waals surface area (Å²) in [6.07, 6.45) is 3.57. The van der Waals surface area contributed by atoms with Crippen molar-refractivity contribution in [3.05, 3.63) is 29.3 Å². The first-order valence-corrected chi connectivity index (χ1v) is 19.0. The van der Waals surface area contributed by atoms with Crippen LogP contribution in [-0.4, -0.2) is 47.2 Å². The summed E-state index contributed by atoms with van der Waals surface area (Å²) < 4.78 is 123. The number of aromatic hydroxyl groups is 1. The van der Waals surface area contributed by atoms with Gasteiger partial charge in [0.15, 0.2) is 0 Å². The van der Waals surface area contributed by atoms with Crippen molar-refractivity contribution in [2.24, 2.45) is 34.5 Å². The fraction of sp³-hybridized carbons (Fsp3) is 0.821. The molecule has 2 N–H and O–H groups in total. The van der Waals surface area contributed by atoms with E-state index in [4.69, 9.17) is 0 Å². The highest BCUT2D eigenvalue weighted by Gasteiger charge is 2.81. The Kier molecular flexibility index (Phi) is 11.9. The van der Waals surface area contributed by atoms with Gasteiger partial charge in [-0.15, -0.1) is 0 Å². The highest BCUT2D eigenvalue weighted by atomic mass is 19.4. The molecule has 4 unspecified atom stereocenters. The molecule has 3 fully saturated rings. The molecule has 5 rings (SSSR count). The van der Waals surface area contributed by atoms with E-state index in [-0.39, 0.29) is 18.1 Å². The Labute approximate surface area is 300 Å². The standard InChI is InChI=1S/C39H53F9O4/c1-34-19-16-27-26-15-14-25(49)23-29(26)32(50)28(31(27)30(34)17-20-35(34)21-22-35)13-9-7-5-3-4-6-8-11-24(33(51)52-2)12-10-18-36(40,41)37(42,43)38(44,45)39(46,47)48/h14-15,23-24,27-28,30-32,49-50H,3-13,16-22H2,1-2H3/t24?,27?,28-,30?,31?,32-,34-/m0/s1. The van der Waals surface area contributed by atoms with Crippen LogP contribution < -0.4 is 0 Å². The molecule has 0 saturated heterocycles. The zero-order chi connectivity index (χ0) is 38.3. The van der Waals surface area contributed by atoms with Crippen molar-refractivity contribution in [2.45, 2.75) is 158 Å². The SMILES string of the molecule is COC(=O)C(CCCCCCCCC[C@H]1C2C(CC[C@@]3(C)C2CCC32CC2)c2ccc(O)cc2[C@H]1O)CCCC(F)(F)C(F)(F)C(F)(F)C(F)(F)F. The van der Waals surface area contributed by atoms with Crippen LogP contribution in [0.2, 0.25) is 0 Å². The second-order valence-electron chi connectivity index (χ2n) is 16.5.